The Balaban J connectivity index is 1.31. The van der Waals surface area contributed by atoms with Gasteiger partial charge in [-0.05, 0) is 56.7 Å². The number of fused-ring (bicyclic) bond motifs is 1. The van der Waals surface area contributed by atoms with Crippen molar-refractivity contribution >= 4 is 29.1 Å². The number of hydrogen-bond donors (Lipinski definition) is 2. The average Bonchev–Trinajstić information content (AvgIpc) is 3.17. The van der Waals surface area contributed by atoms with Crippen molar-refractivity contribution in [1.29, 1.82) is 0 Å². The number of methoxy groups -OCH3 is 1. The van der Waals surface area contributed by atoms with Crippen molar-refractivity contribution in [2.75, 3.05) is 18.6 Å². The molecule has 8 nitrogen and oxygen atoms in total. The van der Waals surface area contributed by atoms with Crippen molar-refractivity contribution in [3.8, 4) is 5.88 Å². The molecule has 12 heteroatoms. The van der Waals surface area contributed by atoms with Crippen LogP contribution in [0.4, 0.5) is 18.9 Å². The topological polar surface area (TPSA) is 105 Å². The molecule has 2 aromatic heterocycles. The van der Waals surface area contributed by atoms with Gasteiger partial charge in [0.15, 0.2) is 11.4 Å². The van der Waals surface area contributed by atoms with Crippen LogP contribution in [-0.4, -0.2) is 46.6 Å². The maximum atomic E-state index is 15.4. The number of carbonyl (C=O) groups excluding carboxylic acids is 2. The third kappa shape index (κ3) is 5.24. The summed E-state index contributed by atoms with van der Waals surface area (Å²) in [6.45, 7) is 1.89. The Morgan fingerprint density at radius 2 is 1.93 bits per heavy atom. The normalized spacial score (nSPS) is 22.1. The minimum absolute atomic E-state index is 0.0190. The van der Waals surface area contributed by atoms with Crippen molar-refractivity contribution in [3.05, 3.63) is 81.5 Å². The Hall–Kier alpha value is -3.70. The zero-order chi connectivity index (χ0) is 29.5. The summed E-state index contributed by atoms with van der Waals surface area (Å²) in [5.74, 6) is -2.55. The molecule has 1 aromatic carbocycles. The van der Waals surface area contributed by atoms with Crippen LogP contribution in [0.2, 0.25) is 5.02 Å². The fourth-order valence-corrected chi connectivity index (χ4v) is 5.88. The van der Waals surface area contributed by atoms with Gasteiger partial charge in [-0.1, -0.05) is 29.8 Å². The molecule has 1 aliphatic heterocycles. The summed E-state index contributed by atoms with van der Waals surface area (Å²) in [7, 11) is 1.26. The predicted molar refractivity (Wildman–Crippen MR) is 145 cm³/mol. The molecule has 1 unspecified atom stereocenters. The maximum Gasteiger partial charge on any atom is 0.281 e. The molecule has 216 valence electrons. The summed E-state index contributed by atoms with van der Waals surface area (Å²) < 4.78 is 47.1. The second kappa shape index (κ2) is 11.3. The van der Waals surface area contributed by atoms with Crippen LogP contribution in [0.25, 0.3) is 0 Å². The molecule has 0 spiro atoms. The highest BCUT2D eigenvalue weighted by atomic mass is 35.5. The first-order valence-corrected chi connectivity index (χ1v) is 13.5. The molecular weight excluding hydrogens is 561 g/mol. The number of aromatic nitrogens is 2. The van der Waals surface area contributed by atoms with Crippen LogP contribution in [0, 0.1) is 18.7 Å². The average molecular weight is 589 g/mol. The molecule has 3 aromatic rings. The highest BCUT2D eigenvalue weighted by molar-refractivity contribution is 6.30. The number of halogens is 4. The molecular formula is C29H28ClF3N4O4. The lowest BCUT2D eigenvalue weighted by Gasteiger charge is -2.32. The summed E-state index contributed by atoms with van der Waals surface area (Å²) >= 11 is 5.88. The lowest BCUT2D eigenvalue weighted by molar-refractivity contribution is -0.132. The quantitative estimate of drug-likeness (QED) is 0.398. The lowest BCUT2D eigenvalue weighted by atomic mass is 9.85. The van der Waals surface area contributed by atoms with Gasteiger partial charge < -0.3 is 20.1 Å². The van der Waals surface area contributed by atoms with E-state index in [9.17, 15) is 23.5 Å². The van der Waals surface area contributed by atoms with Crippen LogP contribution < -0.4 is 15.0 Å². The number of benzene rings is 1. The van der Waals surface area contributed by atoms with E-state index in [4.69, 9.17) is 16.3 Å². The zero-order valence-electron chi connectivity index (χ0n) is 22.3. The number of carbonyl (C=O) groups is 2. The van der Waals surface area contributed by atoms with Crippen molar-refractivity contribution in [2.24, 2.45) is 5.92 Å². The van der Waals surface area contributed by atoms with Gasteiger partial charge >= 0.3 is 0 Å². The molecule has 41 heavy (non-hydrogen) atoms. The third-order valence-electron chi connectivity index (χ3n) is 7.74. The lowest BCUT2D eigenvalue weighted by Crippen LogP contribution is -2.45. The fourth-order valence-electron chi connectivity index (χ4n) is 5.72. The molecule has 0 saturated heterocycles. The van der Waals surface area contributed by atoms with E-state index in [0.29, 0.717) is 37.1 Å². The number of aliphatic hydroxyl groups is 1. The number of anilines is 1. The van der Waals surface area contributed by atoms with Crippen molar-refractivity contribution in [3.63, 3.8) is 0 Å². The Morgan fingerprint density at radius 3 is 2.61 bits per heavy atom. The molecule has 3 heterocycles. The monoisotopic (exact) mass is 588 g/mol. The molecule has 0 bridgehead atoms. The Kier molecular flexibility index (Phi) is 7.93. The van der Waals surface area contributed by atoms with E-state index in [2.05, 4.69) is 15.3 Å². The molecule has 1 aliphatic carbocycles. The molecule has 1 atom stereocenters. The molecule has 0 radical (unpaired) electrons. The van der Waals surface area contributed by atoms with Gasteiger partial charge in [0, 0.05) is 35.6 Å². The van der Waals surface area contributed by atoms with E-state index in [1.807, 2.05) is 0 Å². The highest BCUT2D eigenvalue weighted by Gasteiger charge is 2.53. The smallest absolute Gasteiger partial charge is 0.281 e. The summed E-state index contributed by atoms with van der Waals surface area (Å²) in [5.41, 5.74) is -2.25. The van der Waals surface area contributed by atoms with Gasteiger partial charge in [-0.2, -0.15) is 0 Å². The minimum atomic E-state index is -2.92. The van der Waals surface area contributed by atoms with Gasteiger partial charge in [0.1, 0.15) is 5.69 Å². The predicted octanol–water partition coefficient (Wildman–Crippen LogP) is 5.10. The largest absolute Gasteiger partial charge is 0.479 e. The number of alkyl halides is 2. The number of rotatable bonds is 7. The van der Waals surface area contributed by atoms with Crippen LogP contribution in [0.5, 0.6) is 5.88 Å². The summed E-state index contributed by atoms with van der Waals surface area (Å²) in [4.78, 5) is 35.7. The standard InChI is InChI=1S/C29H28ClF3N4O4/c1-15-11-21(23(31)27(35-15)41-2)29(40)20-5-3-4-6-22(20)37(28(29)39)14-16-7-9-18(10-8-16)36-26(38)19-12-17(30)13-34-24(19)25(32)33/h3-6,11-13,16,18,25,40H,7-10,14H2,1-2H3,(H,36,38). The Labute approximate surface area is 239 Å². The first kappa shape index (κ1) is 28.8. The van der Waals surface area contributed by atoms with Gasteiger partial charge in [-0.25, -0.2) is 18.2 Å². The van der Waals surface area contributed by atoms with Gasteiger partial charge in [-0.3, -0.25) is 14.6 Å². The SMILES string of the molecule is COc1nc(C)cc(C2(O)C(=O)N(CC3CCC(NC(=O)c4cc(Cl)cnc4C(F)F)CC3)c3ccccc32)c1F. The summed E-state index contributed by atoms with van der Waals surface area (Å²) in [6.07, 6.45) is 0.511. The maximum absolute atomic E-state index is 15.4. The number of para-hydroxylation sites is 1. The van der Waals surface area contributed by atoms with Crippen molar-refractivity contribution < 1.29 is 32.6 Å². The summed E-state index contributed by atoms with van der Waals surface area (Å²) in [5, 5.41) is 14.7. The summed E-state index contributed by atoms with van der Waals surface area (Å²) in [6, 6.07) is 8.98. The van der Waals surface area contributed by atoms with Crippen LogP contribution in [-0.2, 0) is 10.4 Å². The van der Waals surface area contributed by atoms with Gasteiger partial charge in [0.05, 0.1) is 23.4 Å². The van der Waals surface area contributed by atoms with E-state index >= 15 is 4.39 Å². The van der Waals surface area contributed by atoms with Gasteiger partial charge in [0.25, 0.3) is 24.1 Å². The molecule has 2 aliphatic rings. The van der Waals surface area contributed by atoms with E-state index < -0.39 is 35.4 Å². The van der Waals surface area contributed by atoms with Gasteiger partial charge in [-0.15, -0.1) is 0 Å². The number of hydrogen-bond acceptors (Lipinski definition) is 6. The van der Waals surface area contributed by atoms with Crippen LogP contribution in [0.15, 0.2) is 42.6 Å². The van der Waals surface area contributed by atoms with E-state index in [-0.39, 0.29) is 46.1 Å². The fraction of sp³-hybridized carbons (Fsp3) is 0.379. The first-order valence-electron chi connectivity index (χ1n) is 13.1. The second-order valence-corrected chi connectivity index (χ2v) is 10.8. The number of pyridine rings is 2. The van der Waals surface area contributed by atoms with E-state index in [1.54, 1.807) is 31.2 Å². The van der Waals surface area contributed by atoms with Crippen molar-refractivity contribution in [1.82, 2.24) is 15.3 Å². The Morgan fingerprint density at radius 1 is 1.22 bits per heavy atom. The number of nitrogens with zero attached hydrogens (tertiary/aromatic N) is 3. The number of ether oxygens (including phenoxy) is 1. The van der Waals surface area contributed by atoms with Crippen LogP contribution >= 0.6 is 11.6 Å². The van der Waals surface area contributed by atoms with Crippen molar-refractivity contribution in [2.45, 2.75) is 50.7 Å². The van der Waals surface area contributed by atoms with Crippen LogP contribution in [0.1, 0.15) is 65.0 Å². The molecule has 1 fully saturated rings. The number of amides is 2. The highest BCUT2D eigenvalue weighted by Crippen LogP contribution is 2.47. The van der Waals surface area contributed by atoms with Gasteiger partial charge in [0.2, 0.25) is 0 Å². The molecule has 2 N–H and O–H groups in total. The minimum Gasteiger partial charge on any atom is -0.479 e. The first-order chi connectivity index (χ1) is 19.5. The van der Waals surface area contributed by atoms with Crippen LogP contribution in [0.3, 0.4) is 0 Å². The Bertz CT molecular complexity index is 1500. The molecule has 5 rings (SSSR count). The van der Waals surface area contributed by atoms with E-state index in [0.717, 1.165) is 6.20 Å². The third-order valence-corrected chi connectivity index (χ3v) is 7.94. The molecule has 2 amide bonds. The second-order valence-electron chi connectivity index (χ2n) is 10.4. The number of aryl methyl sites for hydroxylation is 1. The molecule has 1 saturated carbocycles. The number of nitrogens with one attached hydrogen (secondary N) is 1. The van der Waals surface area contributed by atoms with E-state index in [1.165, 1.54) is 24.1 Å². The zero-order valence-corrected chi connectivity index (χ0v) is 23.1.